The van der Waals surface area contributed by atoms with Crippen molar-refractivity contribution in [3.63, 3.8) is 0 Å². The molecule has 1 aromatic carbocycles. The average Bonchev–Trinajstić information content (AvgIpc) is 2.92. The molecular weight excluding hydrogens is 244 g/mol. The van der Waals surface area contributed by atoms with Crippen LogP contribution in [0.5, 0.6) is 0 Å². The summed E-state index contributed by atoms with van der Waals surface area (Å²) in [6.07, 6.45) is 3.57. The van der Waals surface area contributed by atoms with Crippen LogP contribution in [0.1, 0.15) is 21.7 Å². The van der Waals surface area contributed by atoms with Gasteiger partial charge in [0.2, 0.25) is 0 Å². The van der Waals surface area contributed by atoms with Crippen LogP contribution in [0.25, 0.3) is 11.0 Å². The number of benzene rings is 1. The second-order valence-electron chi connectivity index (χ2n) is 4.42. The number of rotatable bonds is 3. The zero-order valence-electron chi connectivity index (χ0n) is 10.3. The molecule has 0 aliphatic rings. The van der Waals surface area contributed by atoms with Crippen LogP contribution in [0.4, 0.5) is 0 Å². The smallest absolute Gasteiger partial charge is 0.339 e. The number of carboxylic acids is 1. The zero-order valence-corrected chi connectivity index (χ0v) is 10.3. The van der Waals surface area contributed by atoms with Crippen LogP contribution in [0.15, 0.2) is 41.1 Å². The standard InChI is InChI=1S/C14H12N2O3/c1-9-6-15-16(7-9)8-12-13(14(17)18)10-4-2-3-5-11(10)19-12/h2-7H,8H2,1H3,(H,17,18). The van der Waals surface area contributed by atoms with Crippen molar-refractivity contribution < 1.29 is 14.3 Å². The van der Waals surface area contributed by atoms with Gasteiger partial charge in [-0.2, -0.15) is 5.10 Å². The zero-order chi connectivity index (χ0) is 13.4. The molecule has 0 amide bonds. The molecule has 96 valence electrons. The molecule has 0 saturated carbocycles. The number of hydrogen-bond acceptors (Lipinski definition) is 3. The maximum Gasteiger partial charge on any atom is 0.339 e. The van der Waals surface area contributed by atoms with Crippen LogP contribution in [0.2, 0.25) is 0 Å². The number of furan rings is 1. The lowest BCUT2D eigenvalue weighted by Crippen LogP contribution is -2.05. The minimum atomic E-state index is -0.983. The number of carboxylic acid groups (broad SMARTS) is 1. The van der Waals surface area contributed by atoms with Gasteiger partial charge in [0.15, 0.2) is 0 Å². The average molecular weight is 256 g/mol. The molecule has 5 nitrogen and oxygen atoms in total. The van der Waals surface area contributed by atoms with E-state index in [0.717, 1.165) is 5.56 Å². The molecule has 0 fully saturated rings. The first kappa shape index (κ1) is 11.5. The van der Waals surface area contributed by atoms with E-state index in [0.29, 0.717) is 23.3 Å². The molecule has 5 heteroatoms. The lowest BCUT2D eigenvalue weighted by atomic mass is 10.1. The quantitative estimate of drug-likeness (QED) is 0.782. The largest absolute Gasteiger partial charge is 0.478 e. The lowest BCUT2D eigenvalue weighted by Gasteiger charge is -1.99. The summed E-state index contributed by atoms with van der Waals surface area (Å²) >= 11 is 0. The molecule has 3 aromatic rings. The Bertz CT molecular complexity index is 755. The van der Waals surface area contributed by atoms with E-state index < -0.39 is 5.97 Å². The molecule has 0 aliphatic heterocycles. The van der Waals surface area contributed by atoms with Gasteiger partial charge in [0.25, 0.3) is 0 Å². The molecule has 0 atom stereocenters. The Labute approximate surface area is 109 Å². The van der Waals surface area contributed by atoms with E-state index in [9.17, 15) is 9.90 Å². The minimum Gasteiger partial charge on any atom is -0.478 e. The first-order chi connectivity index (χ1) is 9.15. The fourth-order valence-corrected chi connectivity index (χ4v) is 2.14. The molecule has 0 radical (unpaired) electrons. The van der Waals surface area contributed by atoms with E-state index >= 15 is 0 Å². The maximum atomic E-state index is 11.4. The summed E-state index contributed by atoms with van der Waals surface area (Å²) in [5.41, 5.74) is 1.82. The molecule has 0 aliphatic carbocycles. The molecule has 2 heterocycles. The van der Waals surface area contributed by atoms with Crippen molar-refractivity contribution in [3.05, 3.63) is 53.5 Å². The van der Waals surface area contributed by atoms with Gasteiger partial charge in [0, 0.05) is 11.6 Å². The number of aromatic nitrogens is 2. The molecule has 0 unspecified atom stereocenters. The lowest BCUT2D eigenvalue weighted by molar-refractivity contribution is 0.0696. The SMILES string of the molecule is Cc1cnn(Cc2oc3ccccc3c2C(=O)O)c1. The first-order valence-corrected chi connectivity index (χ1v) is 5.88. The molecule has 2 aromatic heterocycles. The molecular formula is C14H12N2O3. The van der Waals surface area contributed by atoms with Gasteiger partial charge in [0.1, 0.15) is 16.9 Å². The summed E-state index contributed by atoms with van der Waals surface area (Å²) in [5.74, 6) is -0.569. The molecule has 0 saturated heterocycles. The number of aromatic carboxylic acids is 1. The molecule has 0 bridgehead atoms. The molecule has 1 N–H and O–H groups in total. The third-order valence-electron chi connectivity index (χ3n) is 2.95. The van der Waals surface area contributed by atoms with Gasteiger partial charge in [-0.15, -0.1) is 0 Å². The Morgan fingerprint density at radius 1 is 1.42 bits per heavy atom. The van der Waals surface area contributed by atoms with Crippen LogP contribution in [0.3, 0.4) is 0 Å². The second-order valence-corrected chi connectivity index (χ2v) is 4.42. The Morgan fingerprint density at radius 3 is 2.89 bits per heavy atom. The van der Waals surface area contributed by atoms with E-state index in [1.165, 1.54) is 0 Å². The monoisotopic (exact) mass is 256 g/mol. The highest BCUT2D eigenvalue weighted by Gasteiger charge is 2.20. The highest BCUT2D eigenvalue weighted by molar-refractivity contribution is 6.03. The number of hydrogen-bond donors (Lipinski definition) is 1. The van der Waals surface area contributed by atoms with Gasteiger partial charge in [0.05, 0.1) is 12.7 Å². The number of fused-ring (bicyclic) bond motifs is 1. The second kappa shape index (κ2) is 4.28. The number of aryl methyl sites for hydroxylation is 1. The number of para-hydroxylation sites is 1. The summed E-state index contributed by atoms with van der Waals surface area (Å²) in [4.78, 5) is 11.4. The molecule has 19 heavy (non-hydrogen) atoms. The molecule has 3 rings (SSSR count). The van der Waals surface area contributed by atoms with Crippen molar-refractivity contribution in [1.29, 1.82) is 0 Å². The van der Waals surface area contributed by atoms with Crippen molar-refractivity contribution in [2.45, 2.75) is 13.5 Å². The maximum absolute atomic E-state index is 11.4. The first-order valence-electron chi connectivity index (χ1n) is 5.88. The summed E-state index contributed by atoms with van der Waals surface area (Å²) in [6, 6.07) is 7.13. The highest BCUT2D eigenvalue weighted by Crippen LogP contribution is 2.26. The van der Waals surface area contributed by atoms with Crippen molar-refractivity contribution >= 4 is 16.9 Å². The Morgan fingerprint density at radius 2 is 2.21 bits per heavy atom. The van der Waals surface area contributed by atoms with E-state index in [1.54, 1.807) is 29.1 Å². The van der Waals surface area contributed by atoms with Gasteiger partial charge >= 0.3 is 5.97 Å². The van der Waals surface area contributed by atoms with Crippen LogP contribution in [-0.2, 0) is 6.54 Å². The van der Waals surface area contributed by atoms with Crippen LogP contribution in [-0.4, -0.2) is 20.9 Å². The normalized spacial score (nSPS) is 11.0. The van der Waals surface area contributed by atoms with Gasteiger partial charge < -0.3 is 9.52 Å². The van der Waals surface area contributed by atoms with E-state index in [2.05, 4.69) is 5.10 Å². The fourth-order valence-electron chi connectivity index (χ4n) is 2.14. The predicted octanol–water partition coefficient (Wildman–Crippen LogP) is 2.68. The van der Waals surface area contributed by atoms with Gasteiger partial charge in [-0.1, -0.05) is 18.2 Å². The Kier molecular flexibility index (Phi) is 2.59. The third kappa shape index (κ3) is 1.99. The van der Waals surface area contributed by atoms with E-state index in [-0.39, 0.29) is 5.56 Å². The van der Waals surface area contributed by atoms with Crippen LogP contribution < -0.4 is 0 Å². The summed E-state index contributed by atoms with van der Waals surface area (Å²) in [7, 11) is 0. The number of carbonyl (C=O) groups is 1. The highest BCUT2D eigenvalue weighted by atomic mass is 16.4. The third-order valence-corrected chi connectivity index (χ3v) is 2.95. The minimum absolute atomic E-state index is 0.212. The van der Waals surface area contributed by atoms with Crippen molar-refractivity contribution in [3.8, 4) is 0 Å². The molecule has 0 spiro atoms. The van der Waals surface area contributed by atoms with Gasteiger partial charge in [-0.05, 0) is 18.6 Å². The topological polar surface area (TPSA) is 68.3 Å². The Balaban J connectivity index is 2.12. The summed E-state index contributed by atoms with van der Waals surface area (Å²) < 4.78 is 7.30. The van der Waals surface area contributed by atoms with E-state index in [1.807, 2.05) is 19.2 Å². The predicted molar refractivity (Wildman–Crippen MR) is 69.2 cm³/mol. The fraction of sp³-hybridized carbons (Fsp3) is 0.143. The van der Waals surface area contributed by atoms with E-state index in [4.69, 9.17) is 4.42 Å². The van der Waals surface area contributed by atoms with Gasteiger partial charge in [-0.3, -0.25) is 4.68 Å². The van der Waals surface area contributed by atoms with Gasteiger partial charge in [-0.25, -0.2) is 4.79 Å². The van der Waals surface area contributed by atoms with Crippen LogP contribution >= 0.6 is 0 Å². The van der Waals surface area contributed by atoms with Crippen molar-refractivity contribution in [2.24, 2.45) is 0 Å². The summed E-state index contributed by atoms with van der Waals surface area (Å²) in [5, 5.41) is 14.1. The van der Waals surface area contributed by atoms with Crippen molar-refractivity contribution in [2.75, 3.05) is 0 Å². The summed E-state index contributed by atoms with van der Waals surface area (Å²) in [6.45, 7) is 2.24. The van der Waals surface area contributed by atoms with Crippen LogP contribution in [0, 0.1) is 6.92 Å². The Hall–Kier alpha value is -2.56. The number of nitrogens with zero attached hydrogens (tertiary/aromatic N) is 2. The van der Waals surface area contributed by atoms with Crippen molar-refractivity contribution in [1.82, 2.24) is 9.78 Å².